The van der Waals surface area contributed by atoms with Crippen LogP contribution in [-0.4, -0.2) is 14.5 Å². The molecule has 4 aromatic carbocycles. The van der Waals surface area contributed by atoms with Gasteiger partial charge in [0.1, 0.15) is 5.58 Å². The number of aromatic nitrogens is 3. The zero-order valence-electron chi connectivity index (χ0n) is 26.9. The first kappa shape index (κ1) is 31.0. The second-order valence-corrected chi connectivity index (χ2v) is 13.3. The van der Waals surface area contributed by atoms with Crippen LogP contribution >= 0.6 is 0 Å². The topological polar surface area (TPSA) is 43.9 Å². The fourth-order valence-corrected chi connectivity index (χ4v) is 8.20. The Morgan fingerprint density at radius 2 is 1.58 bits per heavy atom. The normalized spacial score (nSPS) is 16.0. The Morgan fingerprint density at radius 3 is 2.42 bits per heavy atom. The van der Waals surface area contributed by atoms with Gasteiger partial charge in [-0.15, -0.1) is 54.1 Å². The maximum atomic E-state index is 6.13. The summed E-state index contributed by atoms with van der Waals surface area (Å²) in [6, 6.07) is 36.0. The standard InChI is InChI=1S/C22H18NO.C21H19N2.Ir/c1-2-7-15(6-1)16-12-13-23-20(14-16)19-10-5-9-18-17-8-3-4-11-21(17)24-22(18)19;1-2-9-16(10-3-1)21-22-19-13-12-17(15-7-4-5-8-15)18-11-6-14-23(21)20(18)19;/h3-5,8-9,11-15H,1-2,6-7H2;1-3,6,9,11-13,15H,4-5,7-8,14H2;/q2*-1;. The molecule has 3 aromatic heterocycles. The van der Waals surface area contributed by atoms with Gasteiger partial charge < -0.3 is 14.0 Å². The van der Waals surface area contributed by atoms with Crippen molar-refractivity contribution in [1.82, 2.24) is 14.5 Å². The molecular weight excluding hydrogens is 767 g/mol. The van der Waals surface area contributed by atoms with E-state index in [1.807, 2.05) is 42.6 Å². The van der Waals surface area contributed by atoms with Crippen molar-refractivity contribution in [2.24, 2.45) is 0 Å². The van der Waals surface area contributed by atoms with E-state index in [2.05, 4.69) is 82.4 Å². The molecule has 1 radical (unpaired) electrons. The fourth-order valence-electron chi connectivity index (χ4n) is 8.20. The minimum absolute atomic E-state index is 0. The van der Waals surface area contributed by atoms with Crippen molar-refractivity contribution in [1.29, 1.82) is 0 Å². The van der Waals surface area contributed by atoms with Gasteiger partial charge in [0.15, 0.2) is 0 Å². The Morgan fingerprint density at radius 1 is 0.771 bits per heavy atom. The van der Waals surface area contributed by atoms with Gasteiger partial charge in [-0.05, 0) is 67.0 Å². The van der Waals surface area contributed by atoms with Gasteiger partial charge in [-0.25, -0.2) is 0 Å². The number of para-hydroxylation sites is 1. The van der Waals surface area contributed by atoms with E-state index in [-0.39, 0.29) is 20.1 Å². The molecule has 3 aliphatic rings. The Bertz CT molecular complexity index is 2250. The number of furan rings is 1. The van der Waals surface area contributed by atoms with Gasteiger partial charge >= 0.3 is 0 Å². The summed E-state index contributed by atoms with van der Waals surface area (Å²) in [4.78, 5) is 9.52. The molecule has 1 aliphatic heterocycles. The van der Waals surface area contributed by atoms with Crippen molar-refractivity contribution in [3.63, 3.8) is 0 Å². The summed E-state index contributed by atoms with van der Waals surface area (Å²) in [5.74, 6) is 2.45. The largest absolute Gasteiger partial charge is 0.501 e. The molecule has 0 N–H and O–H groups in total. The van der Waals surface area contributed by atoms with Crippen LogP contribution < -0.4 is 0 Å². The molecular formula is C43H37IrN3O-2. The zero-order chi connectivity index (χ0) is 31.2. The van der Waals surface area contributed by atoms with Crippen molar-refractivity contribution in [2.45, 2.75) is 69.7 Å². The van der Waals surface area contributed by atoms with E-state index in [9.17, 15) is 0 Å². The monoisotopic (exact) mass is 804 g/mol. The summed E-state index contributed by atoms with van der Waals surface area (Å²) in [6.45, 7) is 0.898. The van der Waals surface area contributed by atoms with Gasteiger partial charge in [-0.1, -0.05) is 84.7 Å². The smallest absolute Gasteiger partial charge is 0.120 e. The summed E-state index contributed by atoms with van der Waals surface area (Å²) >= 11 is 0. The Labute approximate surface area is 295 Å². The van der Waals surface area contributed by atoms with Crippen LogP contribution in [0.5, 0.6) is 0 Å². The van der Waals surface area contributed by atoms with Crippen molar-refractivity contribution in [2.75, 3.05) is 0 Å². The molecule has 0 bridgehead atoms. The molecule has 5 heteroatoms. The van der Waals surface area contributed by atoms with Crippen LogP contribution in [0.2, 0.25) is 0 Å². The SMILES string of the molecule is [Ir].[c-]1ccc2c(oc3ccccc32)c1-c1cc(C2CCCC2)ccn1.[c-]1ccccc1-c1nc2ccc(C3CCCC3)c3c2n1CC=C3. The summed E-state index contributed by atoms with van der Waals surface area (Å²) in [6.07, 6.45) is 17.2. The predicted octanol–water partition coefficient (Wildman–Crippen LogP) is 11.3. The number of benzene rings is 4. The number of nitrogens with zero attached hydrogens (tertiary/aromatic N) is 3. The van der Waals surface area contributed by atoms with Gasteiger partial charge in [-0.2, -0.15) is 0 Å². The number of hydrogen-bond donors (Lipinski definition) is 0. The Kier molecular flexibility index (Phi) is 8.59. The maximum absolute atomic E-state index is 6.13. The van der Waals surface area contributed by atoms with E-state index >= 15 is 0 Å². The first-order valence-electron chi connectivity index (χ1n) is 17.3. The molecule has 4 heterocycles. The number of hydrogen-bond acceptors (Lipinski definition) is 3. The van der Waals surface area contributed by atoms with Gasteiger partial charge in [0, 0.05) is 43.8 Å². The molecule has 0 spiro atoms. The van der Waals surface area contributed by atoms with Crippen LogP contribution in [0, 0.1) is 12.1 Å². The fraction of sp³-hybridized carbons (Fsp3) is 0.256. The number of allylic oxidation sites excluding steroid dienone is 1. The van der Waals surface area contributed by atoms with Crippen LogP contribution in [0.4, 0.5) is 0 Å². The Hall–Kier alpha value is -4.31. The molecule has 7 aromatic rings. The second-order valence-electron chi connectivity index (χ2n) is 13.3. The number of imidazole rings is 1. The number of fused-ring (bicyclic) bond motifs is 3. The molecule has 4 nitrogen and oxygen atoms in total. The van der Waals surface area contributed by atoms with E-state index in [4.69, 9.17) is 9.40 Å². The van der Waals surface area contributed by atoms with Gasteiger partial charge in [-0.3, -0.25) is 4.98 Å². The third-order valence-electron chi connectivity index (χ3n) is 10.5. The molecule has 48 heavy (non-hydrogen) atoms. The minimum atomic E-state index is 0. The second kappa shape index (κ2) is 13.3. The Balaban J connectivity index is 0.000000137. The van der Waals surface area contributed by atoms with E-state index < -0.39 is 0 Å². The summed E-state index contributed by atoms with van der Waals surface area (Å²) in [7, 11) is 0. The molecule has 0 saturated heterocycles. The maximum Gasteiger partial charge on any atom is 0.120 e. The van der Waals surface area contributed by atoms with Crippen LogP contribution in [0.1, 0.15) is 79.9 Å². The average molecular weight is 804 g/mol. The third-order valence-corrected chi connectivity index (χ3v) is 10.5. The first-order chi connectivity index (χ1) is 23.3. The van der Waals surface area contributed by atoms with E-state index in [1.165, 1.54) is 73.6 Å². The molecule has 2 fully saturated rings. The van der Waals surface area contributed by atoms with Gasteiger partial charge in [0.05, 0.1) is 22.4 Å². The summed E-state index contributed by atoms with van der Waals surface area (Å²) in [5.41, 5.74) is 11.5. The van der Waals surface area contributed by atoms with E-state index in [1.54, 1.807) is 0 Å². The van der Waals surface area contributed by atoms with Crippen LogP contribution in [-0.2, 0) is 26.7 Å². The number of pyridine rings is 1. The van der Waals surface area contributed by atoms with E-state index in [0.717, 1.165) is 62.6 Å². The summed E-state index contributed by atoms with van der Waals surface area (Å²) < 4.78 is 8.49. The van der Waals surface area contributed by atoms with Crippen molar-refractivity contribution in [3.05, 3.63) is 126 Å². The van der Waals surface area contributed by atoms with Crippen LogP contribution in [0.3, 0.4) is 0 Å². The molecule has 10 rings (SSSR count). The molecule has 241 valence electrons. The van der Waals surface area contributed by atoms with Crippen LogP contribution in [0.15, 0.2) is 102 Å². The zero-order valence-corrected chi connectivity index (χ0v) is 29.3. The van der Waals surface area contributed by atoms with Crippen molar-refractivity contribution in [3.8, 4) is 22.6 Å². The van der Waals surface area contributed by atoms with Crippen molar-refractivity contribution >= 4 is 39.0 Å². The van der Waals surface area contributed by atoms with E-state index in [0.29, 0.717) is 5.92 Å². The molecule has 0 unspecified atom stereocenters. The number of rotatable bonds is 4. The average Bonchev–Trinajstić information content (AvgIpc) is 3.97. The molecule has 2 aliphatic carbocycles. The third kappa shape index (κ3) is 5.53. The molecule has 0 atom stereocenters. The van der Waals surface area contributed by atoms with Crippen LogP contribution in [0.25, 0.3) is 61.7 Å². The predicted molar refractivity (Wildman–Crippen MR) is 191 cm³/mol. The van der Waals surface area contributed by atoms with Crippen molar-refractivity contribution < 1.29 is 24.5 Å². The first-order valence-corrected chi connectivity index (χ1v) is 17.3. The van der Waals surface area contributed by atoms with Gasteiger partial charge in [0.2, 0.25) is 0 Å². The summed E-state index contributed by atoms with van der Waals surface area (Å²) in [5, 5.41) is 2.28. The molecule has 0 amide bonds. The minimum Gasteiger partial charge on any atom is -0.501 e. The quantitative estimate of drug-likeness (QED) is 0.167. The van der Waals surface area contributed by atoms with Gasteiger partial charge in [0.25, 0.3) is 0 Å². The molecule has 2 saturated carbocycles.